The molecular formula is C18H17ClN4O2S. The molecule has 0 atom stereocenters. The molecule has 2 aromatic carbocycles. The third-order valence-corrected chi connectivity index (χ3v) is 5.11. The largest absolute Gasteiger partial charge is 0.495 e. The molecule has 3 aromatic rings. The molecule has 0 aliphatic rings. The Hall–Kier alpha value is -2.38. The van der Waals surface area contributed by atoms with Crippen molar-refractivity contribution in [1.29, 1.82) is 0 Å². The number of benzene rings is 2. The van der Waals surface area contributed by atoms with Gasteiger partial charge in [-0.3, -0.25) is 4.79 Å². The van der Waals surface area contributed by atoms with Crippen molar-refractivity contribution >= 4 is 29.1 Å². The number of para-hydroxylation sites is 1. The van der Waals surface area contributed by atoms with Gasteiger partial charge in [-0.1, -0.05) is 41.6 Å². The number of hydrogen-bond acceptors (Lipinski definition) is 6. The second-order valence-electron chi connectivity index (χ2n) is 5.67. The van der Waals surface area contributed by atoms with Gasteiger partial charge in [-0.25, -0.2) is 0 Å². The van der Waals surface area contributed by atoms with Gasteiger partial charge < -0.3 is 4.74 Å². The second-order valence-corrected chi connectivity index (χ2v) is 7.02. The molecule has 0 N–H and O–H groups in total. The number of ether oxygens (including phenoxy) is 1. The quantitative estimate of drug-likeness (QED) is 0.471. The molecule has 0 spiro atoms. The van der Waals surface area contributed by atoms with Crippen LogP contribution in [-0.2, 0) is 0 Å². The van der Waals surface area contributed by atoms with Gasteiger partial charge in [-0.2, -0.15) is 4.68 Å². The van der Waals surface area contributed by atoms with E-state index in [9.17, 15) is 4.79 Å². The number of aryl methyl sites for hydroxylation is 2. The van der Waals surface area contributed by atoms with Crippen LogP contribution in [0.1, 0.15) is 21.5 Å². The Balaban J connectivity index is 1.78. The Morgan fingerprint density at radius 2 is 1.96 bits per heavy atom. The summed E-state index contributed by atoms with van der Waals surface area (Å²) in [5.41, 5.74) is 3.58. The highest BCUT2D eigenvalue weighted by atomic mass is 35.5. The van der Waals surface area contributed by atoms with E-state index in [-0.39, 0.29) is 11.5 Å². The van der Waals surface area contributed by atoms with Crippen molar-refractivity contribution in [3.63, 3.8) is 0 Å². The van der Waals surface area contributed by atoms with Crippen molar-refractivity contribution in [2.45, 2.75) is 19.0 Å². The third kappa shape index (κ3) is 3.73. The molecule has 0 radical (unpaired) electrons. The summed E-state index contributed by atoms with van der Waals surface area (Å²) in [6.07, 6.45) is 0. The number of aromatic nitrogens is 4. The van der Waals surface area contributed by atoms with E-state index < -0.39 is 0 Å². The molecular weight excluding hydrogens is 372 g/mol. The molecule has 1 aromatic heterocycles. The van der Waals surface area contributed by atoms with Crippen LogP contribution in [0.15, 0.2) is 41.6 Å². The summed E-state index contributed by atoms with van der Waals surface area (Å²) < 4.78 is 6.78. The van der Waals surface area contributed by atoms with Crippen LogP contribution < -0.4 is 4.74 Å². The van der Waals surface area contributed by atoms with Crippen molar-refractivity contribution in [3.8, 4) is 11.4 Å². The first kappa shape index (κ1) is 18.4. The van der Waals surface area contributed by atoms with E-state index in [4.69, 9.17) is 16.3 Å². The Kier molecular flexibility index (Phi) is 5.58. The van der Waals surface area contributed by atoms with Gasteiger partial charge in [0.1, 0.15) is 5.75 Å². The monoisotopic (exact) mass is 388 g/mol. The average Bonchev–Trinajstić information content (AvgIpc) is 3.07. The predicted octanol–water partition coefficient (Wildman–Crippen LogP) is 3.92. The molecule has 26 heavy (non-hydrogen) atoms. The first-order valence-electron chi connectivity index (χ1n) is 7.85. The van der Waals surface area contributed by atoms with Gasteiger partial charge >= 0.3 is 0 Å². The van der Waals surface area contributed by atoms with Gasteiger partial charge in [0.2, 0.25) is 5.16 Å². The van der Waals surface area contributed by atoms with Crippen LogP contribution in [0.25, 0.3) is 5.69 Å². The minimum Gasteiger partial charge on any atom is -0.495 e. The van der Waals surface area contributed by atoms with Gasteiger partial charge in [0.25, 0.3) is 0 Å². The number of thioether (sulfide) groups is 1. The highest BCUT2D eigenvalue weighted by molar-refractivity contribution is 7.99. The molecule has 0 aliphatic carbocycles. The molecule has 0 fully saturated rings. The molecule has 134 valence electrons. The van der Waals surface area contributed by atoms with E-state index in [0.717, 1.165) is 16.8 Å². The number of ketones is 1. The molecule has 0 saturated carbocycles. The minimum atomic E-state index is -0.0596. The molecule has 6 nitrogen and oxygen atoms in total. The zero-order valence-electron chi connectivity index (χ0n) is 14.6. The predicted molar refractivity (Wildman–Crippen MR) is 102 cm³/mol. The van der Waals surface area contributed by atoms with E-state index in [0.29, 0.717) is 21.5 Å². The van der Waals surface area contributed by atoms with E-state index in [1.54, 1.807) is 22.9 Å². The van der Waals surface area contributed by atoms with Crippen LogP contribution in [0.5, 0.6) is 5.75 Å². The van der Waals surface area contributed by atoms with Crippen molar-refractivity contribution in [3.05, 3.63) is 58.1 Å². The summed E-state index contributed by atoms with van der Waals surface area (Å²) in [5, 5.41) is 12.9. The van der Waals surface area contributed by atoms with Gasteiger partial charge in [0, 0.05) is 5.56 Å². The van der Waals surface area contributed by atoms with Crippen molar-refractivity contribution < 1.29 is 9.53 Å². The molecule has 0 aliphatic heterocycles. The molecule has 3 rings (SSSR count). The number of carbonyl (C=O) groups is 1. The van der Waals surface area contributed by atoms with Gasteiger partial charge in [0.05, 0.1) is 23.6 Å². The second kappa shape index (κ2) is 7.88. The summed E-state index contributed by atoms with van der Waals surface area (Å²) >= 11 is 7.38. The zero-order chi connectivity index (χ0) is 18.7. The lowest BCUT2D eigenvalue weighted by Gasteiger charge is -2.10. The summed E-state index contributed by atoms with van der Waals surface area (Å²) in [5.74, 6) is 0.680. The summed E-state index contributed by atoms with van der Waals surface area (Å²) in [6.45, 7) is 4.01. The summed E-state index contributed by atoms with van der Waals surface area (Å²) in [4.78, 5) is 12.5. The Labute approximate surface area is 160 Å². The number of Topliss-reactive ketones (excluding diaryl/α,β-unsaturated/α-hetero) is 1. The van der Waals surface area contributed by atoms with Crippen molar-refractivity contribution in [2.75, 3.05) is 12.9 Å². The van der Waals surface area contributed by atoms with E-state index in [1.165, 1.54) is 18.9 Å². The third-order valence-electron chi connectivity index (χ3n) is 3.90. The fourth-order valence-corrected chi connectivity index (χ4v) is 3.63. The number of halogens is 1. The maximum atomic E-state index is 12.5. The van der Waals surface area contributed by atoms with E-state index >= 15 is 0 Å². The Morgan fingerprint density at radius 1 is 1.23 bits per heavy atom. The van der Waals surface area contributed by atoms with Crippen LogP contribution in [0, 0.1) is 13.8 Å². The number of hydrogen-bond donors (Lipinski definition) is 0. The summed E-state index contributed by atoms with van der Waals surface area (Å²) in [7, 11) is 1.53. The number of tetrazole rings is 1. The standard InChI is InChI=1S/C18H17ClN4O2S/c1-11-5-4-6-12(2)17(11)23-18(20-21-22-23)26-10-15(24)13-7-8-16(25-3)14(19)9-13/h4-9H,10H2,1-3H3. The van der Waals surface area contributed by atoms with E-state index in [1.807, 2.05) is 32.0 Å². The van der Waals surface area contributed by atoms with Crippen LogP contribution in [0.2, 0.25) is 5.02 Å². The molecule has 0 bridgehead atoms. The van der Waals surface area contributed by atoms with Crippen molar-refractivity contribution in [1.82, 2.24) is 20.2 Å². The lowest BCUT2D eigenvalue weighted by Crippen LogP contribution is -2.07. The van der Waals surface area contributed by atoms with Crippen LogP contribution in [-0.4, -0.2) is 38.9 Å². The van der Waals surface area contributed by atoms with E-state index in [2.05, 4.69) is 15.5 Å². The number of nitrogens with zero attached hydrogens (tertiary/aromatic N) is 4. The maximum Gasteiger partial charge on any atom is 0.214 e. The number of carbonyl (C=O) groups excluding carboxylic acids is 1. The fraction of sp³-hybridized carbons (Fsp3) is 0.222. The lowest BCUT2D eigenvalue weighted by atomic mass is 10.1. The van der Waals surface area contributed by atoms with Gasteiger partial charge in [-0.15, -0.1) is 5.10 Å². The Morgan fingerprint density at radius 3 is 2.62 bits per heavy atom. The Bertz CT molecular complexity index is 938. The van der Waals surface area contributed by atoms with Crippen LogP contribution >= 0.6 is 23.4 Å². The molecule has 1 heterocycles. The first-order chi connectivity index (χ1) is 12.5. The summed E-state index contributed by atoms with van der Waals surface area (Å²) in [6, 6.07) is 11.0. The highest BCUT2D eigenvalue weighted by Crippen LogP contribution is 2.27. The SMILES string of the molecule is COc1ccc(C(=O)CSc2nnnn2-c2c(C)cccc2C)cc1Cl. The maximum absolute atomic E-state index is 12.5. The van der Waals surface area contributed by atoms with Gasteiger partial charge in [-0.05, 0) is 53.6 Å². The molecule has 0 saturated heterocycles. The normalized spacial score (nSPS) is 10.8. The highest BCUT2D eigenvalue weighted by Gasteiger charge is 2.16. The van der Waals surface area contributed by atoms with Crippen LogP contribution in [0.3, 0.4) is 0 Å². The number of methoxy groups -OCH3 is 1. The van der Waals surface area contributed by atoms with Gasteiger partial charge in [0.15, 0.2) is 5.78 Å². The first-order valence-corrected chi connectivity index (χ1v) is 9.22. The van der Waals surface area contributed by atoms with Crippen molar-refractivity contribution in [2.24, 2.45) is 0 Å². The lowest BCUT2D eigenvalue weighted by molar-refractivity contribution is 0.102. The minimum absolute atomic E-state index is 0.0596. The molecule has 8 heteroatoms. The average molecular weight is 389 g/mol. The zero-order valence-corrected chi connectivity index (χ0v) is 16.1. The van der Waals surface area contributed by atoms with Crippen LogP contribution in [0.4, 0.5) is 0 Å². The molecule has 0 unspecified atom stereocenters. The number of rotatable bonds is 6. The topological polar surface area (TPSA) is 69.9 Å². The smallest absolute Gasteiger partial charge is 0.214 e. The molecule has 0 amide bonds. The fourth-order valence-electron chi connectivity index (χ4n) is 2.60.